The number of carbonyl (C=O) groups excluding carboxylic acids is 1. The summed E-state index contributed by atoms with van der Waals surface area (Å²) in [4.78, 5) is 12.2. The number of aryl methyl sites for hydroxylation is 1. The van der Waals surface area contributed by atoms with E-state index in [0.29, 0.717) is 5.56 Å². The van der Waals surface area contributed by atoms with E-state index >= 15 is 0 Å². The Labute approximate surface area is 120 Å². The Bertz CT molecular complexity index is 590. The zero-order chi connectivity index (χ0) is 14.5. The molecule has 2 N–H and O–H groups in total. The van der Waals surface area contributed by atoms with Crippen molar-refractivity contribution < 1.29 is 4.79 Å². The highest BCUT2D eigenvalue weighted by molar-refractivity contribution is 5.94. The van der Waals surface area contributed by atoms with E-state index in [-0.39, 0.29) is 11.9 Å². The summed E-state index contributed by atoms with van der Waals surface area (Å²) in [6.07, 6.45) is 0. The molecule has 0 aliphatic heterocycles. The lowest BCUT2D eigenvalue weighted by molar-refractivity contribution is 0.0940. The fraction of sp³-hybridized carbons (Fsp3) is 0.235. The van der Waals surface area contributed by atoms with Gasteiger partial charge in [0.05, 0.1) is 6.04 Å². The number of rotatable bonds is 4. The zero-order valence-corrected chi connectivity index (χ0v) is 12.1. The summed E-state index contributed by atoms with van der Waals surface area (Å²) in [7, 11) is 1.86. The summed E-state index contributed by atoms with van der Waals surface area (Å²) in [5.74, 6) is -0.0524. The van der Waals surface area contributed by atoms with Crippen LogP contribution in [0.4, 0.5) is 5.69 Å². The van der Waals surface area contributed by atoms with Gasteiger partial charge in [0.2, 0.25) is 0 Å². The summed E-state index contributed by atoms with van der Waals surface area (Å²) >= 11 is 0. The molecule has 0 aliphatic carbocycles. The number of hydrogen-bond donors (Lipinski definition) is 2. The van der Waals surface area contributed by atoms with Crippen molar-refractivity contribution in [1.82, 2.24) is 5.32 Å². The van der Waals surface area contributed by atoms with Gasteiger partial charge in [0.15, 0.2) is 0 Å². The second-order valence-corrected chi connectivity index (χ2v) is 4.88. The van der Waals surface area contributed by atoms with Crippen molar-refractivity contribution >= 4 is 11.6 Å². The smallest absolute Gasteiger partial charge is 0.251 e. The standard InChI is InChI=1S/C17H20N2O/c1-12-6-4-5-7-16(12)13(2)19-17(20)14-8-10-15(18-3)11-9-14/h4-11,13,18H,1-3H3,(H,19,20). The molecule has 2 rings (SSSR count). The van der Waals surface area contributed by atoms with Crippen molar-refractivity contribution in [3.63, 3.8) is 0 Å². The number of amides is 1. The number of nitrogens with one attached hydrogen (secondary N) is 2. The van der Waals surface area contributed by atoms with Gasteiger partial charge in [0.1, 0.15) is 0 Å². The minimum atomic E-state index is -0.0524. The summed E-state index contributed by atoms with van der Waals surface area (Å²) in [6, 6.07) is 15.5. The van der Waals surface area contributed by atoms with Crippen LogP contribution in [-0.2, 0) is 0 Å². The van der Waals surface area contributed by atoms with Crippen LogP contribution < -0.4 is 10.6 Å². The zero-order valence-electron chi connectivity index (χ0n) is 12.1. The van der Waals surface area contributed by atoms with Gasteiger partial charge in [-0.3, -0.25) is 4.79 Å². The molecule has 0 bridgehead atoms. The molecular formula is C17H20N2O. The fourth-order valence-corrected chi connectivity index (χ4v) is 2.22. The van der Waals surface area contributed by atoms with Gasteiger partial charge in [-0.25, -0.2) is 0 Å². The minimum Gasteiger partial charge on any atom is -0.388 e. The molecule has 0 aromatic heterocycles. The third-order valence-electron chi connectivity index (χ3n) is 3.44. The van der Waals surface area contributed by atoms with Crippen molar-refractivity contribution in [2.24, 2.45) is 0 Å². The molecular weight excluding hydrogens is 248 g/mol. The third-order valence-corrected chi connectivity index (χ3v) is 3.44. The van der Waals surface area contributed by atoms with Gasteiger partial charge >= 0.3 is 0 Å². The van der Waals surface area contributed by atoms with Crippen LogP contribution in [0.5, 0.6) is 0 Å². The van der Waals surface area contributed by atoms with Crippen molar-refractivity contribution in [3.8, 4) is 0 Å². The SMILES string of the molecule is CNc1ccc(C(=O)NC(C)c2ccccc2C)cc1. The minimum absolute atomic E-state index is 0.00678. The average Bonchev–Trinajstić information content (AvgIpc) is 2.47. The van der Waals surface area contributed by atoms with Gasteiger partial charge < -0.3 is 10.6 Å². The van der Waals surface area contributed by atoms with Crippen LogP contribution in [0.3, 0.4) is 0 Å². The first-order valence-corrected chi connectivity index (χ1v) is 6.76. The highest BCUT2D eigenvalue weighted by Gasteiger charge is 2.12. The van der Waals surface area contributed by atoms with Crippen molar-refractivity contribution in [1.29, 1.82) is 0 Å². The first kappa shape index (κ1) is 14.1. The van der Waals surface area contributed by atoms with Crippen molar-refractivity contribution in [2.75, 3.05) is 12.4 Å². The van der Waals surface area contributed by atoms with E-state index in [1.807, 2.05) is 56.4 Å². The van der Waals surface area contributed by atoms with Crippen LogP contribution in [0.15, 0.2) is 48.5 Å². The maximum absolute atomic E-state index is 12.2. The molecule has 2 aromatic carbocycles. The highest BCUT2D eigenvalue weighted by Crippen LogP contribution is 2.17. The molecule has 0 saturated heterocycles. The predicted octanol–water partition coefficient (Wildman–Crippen LogP) is 3.53. The molecule has 3 nitrogen and oxygen atoms in total. The maximum atomic E-state index is 12.2. The molecule has 0 radical (unpaired) electrons. The Balaban J connectivity index is 2.09. The van der Waals surface area contributed by atoms with Gasteiger partial charge in [-0.1, -0.05) is 24.3 Å². The lowest BCUT2D eigenvalue weighted by atomic mass is 10.0. The molecule has 104 valence electrons. The monoisotopic (exact) mass is 268 g/mol. The van der Waals surface area contributed by atoms with E-state index in [1.165, 1.54) is 5.56 Å². The Hall–Kier alpha value is -2.29. The molecule has 0 saturated carbocycles. The summed E-state index contributed by atoms with van der Waals surface area (Å²) in [5, 5.41) is 6.07. The molecule has 0 aliphatic rings. The summed E-state index contributed by atoms with van der Waals surface area (Å²) < 4.78 is 0. The van der Waals surface area contributed by atoms with Gasteiger partial charge in [-0.15, -0.1) is 0 Å². The van der Waals surface area contributed by atoms with Crippen molar-refractivity contribution in [2.45, 2.75) is 19.9 Å². The van der Waals surface area contributed by atoms with E-state index in [4.69, 9.17) is 0 Å². The van der Waals surface area contributed by atoms with E-state index in [1.54, 1.807) is 0 Å². The molecule has 0 spiro atoms. The quantitative estimate of drug-likeness (QED) is 0.890. The first-order chi connectivity index (χ1) is 9.61. The van der Waals surface area contributed by atoms with E-state index in [0.717, 1.165) is 11.3 Å². The highest BCUT2D eigenvalue weighted by atomic mass is 16.1. The van der Waals surface area contributed by atoms with Crippen LogP contribution in [0.2, 0.25) is 0 Å². The first-order valence-electron chi connectivity index (χ1n) is 6.76. The topological polar surface area (TPSA) is 41.1 Å². The molecule has 2 aromatic rings. The fourth-order valence-electron chi connectivity index (χ4n) is 2.22. The van der Waals surface area contributed by atoms with Gasteiger partial charge in [0, 0.05) is 18.3 Å². The van der Waals surface area contributed by atoms with Gasteiger partial charge in [0.25, 0.3) is 5.91 Å². The molecule has 3 heteroatoms. The number of hydrogen-bond acceptors (Lipinski definition) is 2. The second-order valence-electron chi connectivity index (χ2n) is 4.88. The Kier molecular flexibility index (Phi) is 4.41. The molecule has 1 amide bonds. The van der Waals surface area contributed by atoms with Gasteiger partial charge in [-0.2, -0.15) is 0 Å². The Morgan fingerprint density at radius 1 is 1.05 bits per heavy atom. The number of anilines is 1. The van der Waals surface area contributed by atoms with Crippen molar-refractivity contribution in [3.05, 3.63) is 65.2 Å². The molecule has 0 fully saturated rings. The average molecular weight is 268 g/mol. The third kappa shape index (κ3) is 3.18. The lowest BCUT2D eigenvalue weighted by Crippen LogP contribution is -2.27. The molecule has 20 heavy (non-hydrogen) atoms. The second kappa shape index (κ2) is 6.24. The summed E-state index contributed by atoms with van der Waals surface area (Å²) in [5.41, 5.74) is 4.00. The predicted molar refractivity (Wildman–Crippen MR) is 83.0 cm³/mol. The Morgan fingerprint density at radius 3 is 2.30 bits per heavy atom. The number of benzene rings is 2. The van der Waals surface area contributed by atoms with E-state index < -0.39 is 0 Å². The number of carbonyl (C=O) groups is 1. The van der Waals surface area contributed by atoms with Gasteiger partial charge in [-0.05, 0) is 49.2 Å². The van der Waals surface area contributed by atoms with Crippen LogP contribution in [0, 0.1) is 6.92 Å². The Morgan fingerprint density at radius 2 is 1.70 bits per heavy atom. The molecule has 1 unspecified atom stereocenters. The maximum Gasteiger partial charge on any atom is 0.251 e. The lowest BCUT2D eigenvalue weighted by Gasteiger charge is -2.16. The van der Waals surface area contributed by atoms with Crippen LogP contribution in [0.1, 0.15) is 34.5 Å². The normalized spacial score (nSPS) is 11.8. The summed E-state index contributed by atoms with van der Waals surface area (Å²) in [6.45, 7) is 4.06. The molecule has 1 atom stereocenters. The van der Waals surface area contributed by atoms with Crippen LogP contribution >= 0.6 is 0 Å². The van der Waals surface area contributed by atoms with E-state index in [2.05, 4.69) is 23.6 Å². The van der Waals surface area contributed by atoms with E-state index in [9.17, 15) is 4.79 Å². The van der Waals surface area contributed by atoms with Crippen LogP contribution in [0.25, 0.3) is 0 Å². The largest absolute Gasteiger partial charge is 0.388 e. The van der Waals surface area contributed by atoms with Crippen LogP contribution in [-0.4, -0.2) is 13.0 Å². The molecule has 0 heterocycles.